The molecule has 0 aliphatic carbocycles. The Labute approximate surface area is 141 Å². The van der Waals surface area contributed by atoms with Gasteiger partial charge in [0, 0.05) is 36.4 Å². The fraction of sp³-hybridized carbons (Fsp3) is 0.412. The fourth-order valence-electron chi connectivity index (χ4n) is 2.77. The predicted molar refractivity (Wildman–Crippen MR) is 91.5 cm³/mol. The van der Waals surface area contributed by atoms with Crippen LogP contribution in [0.5, 0.6) is 0 Å². The number of aromatic nitrogens is 2. The van der Waals surface area contributed by atoms with Crippen molar-refractivity contribution in [2.75, 3.05) is 19.6 Å². The summed E-state index contributed by atoms with van der Waals surface area (Å²) in [5, 5.41) is 8.19. The minimum absolute atomic E-state index is 0.0342. The largest absolute Gasteiger partial charge is 0.336 e. The molecule has 0 unspecified atom stereocenters. The Balaban J connectivity index is 1.50. The molecule has 0 spiro atoms. The summed E-state index contributed by atoms with van der Waals surface area (Å²) in [5.74, 6) is 0. The standard InChI is InChI=1S/C17H21ClN4O/c18-15-6-4-5-14(13-15)16-7-11-22(20-16)12-8-19-17(23)21-9-2-1-3-10-21/h4-7,11,13H,1-3,8-10,12H2,(H,19,23). The van der Waals surface area contributed by atoms with Crippen LogP contribution in [0.1, 0.15) is 19.3 Å². The highest BCUT2D eigenvalue weighted by Gasteiger charge is 2.15. The minimum atomic E-state index is 0.0342. The zero-order chi connectivity index (χ0) is 16.1. The molecule has 6 heteroatoms. The van der Waals surface area contributed by atoms with Crippen LogP contribution in [0.3, 0.4) is 0 Å². The van der Waals surface area contributed by atoms with Gasteiger partial charge in [-0.25, -0.2) is 4.79 Å². The lowest BCUT2D eigenvalue weighted by atomic mass is 10.1. The maximum Gasteiger partial charge on any atom is 0.317 e. The first-order valence-electron chi connectivity index (χ1n) is 8.04. The van der Waals surface area contributed by atoms with Gasteiger partial charge in [0.2, 0.25) is 0 Å². The van der Waals surface area contributed by atoms with E-state index in [0.29, 0.717) is 18.1 Å². The molecule has 1 aliphatic heterocycles. The summed E-state index contributed by atoms with van der Waals surface area (Å²) in [4.78, 5) is 13.9. The number of benzene rings is 1. The third-order valence-corrected chi connectivity index (χ3v) is 4.26. The summed E-state index contributed by atoms with van der Waals surface area (Å²) in [7, 11) is 0. The molecule has 1 aromatic carbocycles. The van der Waals surface area contributed by atoms with Crippen molar-refractivity contribution in [3.63, 3.8) is 0 Å². The fourth-order valence-corrected chi connectivity index (χ4v) is 2.96. The van der Waals surface area contributed by atoms with Gasteiger partial charge in [0.1, 0.15) is 0 Å². The lowest BCUT2D eigenvalue weighted by Gasteiger charge is -2.26. The zero-order valence-corrected chi connectivity index (χ0v) is 13.8. The van der Waals surface area contributed by atoms with Crippen LogP contribution in [0, 0.1) is 0 Å². The van der Waals surface area contributed by atoms with E-state index in [4.69, 9.17) is 11.6 Å². The van der Waals surface area contributed by atoms with Crippen molar-refractivity contribution in [2.24, 2.45) is 0 Å². The molecule has 2 amide bonds. The number of nitrogens with one attached hydrogen (secondary N) is 1. The van der Waals surface area contributed by atoms with E-state index in [-0.39, 0.29) is 6.03 Å². The number of amides is 2. The van der Waals surface area contributed by atoms with Gasteiger partial charge >= 0.3 is 6.03 Å². The van der Waals surface area contributed by atoms with Gasteiger partial charge in [0.15, 0.2) is 0 Å². The molecule has 1 aliphatic rings. The molecule has 1 N–H and O–H groups in total. The summed E-state index contributed by atoms with van der Waals surface area (Å²) < 4.78 is 1.84. The Morgan fingerprint density at radius 2 is 2.04 bits per heavy atom. The van der Waals surface area contributed by atoms with Crippen LogP contribution in [0.25, 0.3) is 11.3 Å². The number of hydrogen-bond donors (Lipinski definition) is 1. The number of piperidine rings is 1. The first-order chi connectivity index (χ1) is 11.2. The number of halogens is 1. The molecule has 0 atom stereocenters. The normalized spacial score (nSPS) is 14.7. The Kier molecular flexibility index (Phi) is 5.18. The van der Waals surface area contributed by atoms with E-state index in [9.17, 15) is 4.79 Å². The van der Waals surface area contributed by atoms with Gasteiger partial charge in [-0.1, -0.05) is 23.7 Å². The molecule has 0 bridgehead atoms. The Bertz CT molecular complexity index is 664. The topological polar surface area (TPSA) is 50.2 Å². The van der Waals surface area contributed by atoms with Crippen molar-refractivity contribution in [3.05, 3.63) is 41.6 Å². The average Bonchev–Trinajstić information content (AvgIpc) is 3.04. The van der Waals surface area contributed by atoms with Crippen molar-refractivity contribution in [2.45, 2.75) is 25.8 Å². The van der Waals surface area contributed by atoms with Crippen molar-refractivity contribution in [1.29, 1.82) is 0 Å². The summed E-state index contributed by atoms with van der Waals surface area (Å²) in [5.41, 5.74) is 1.88. The lowest BCUT2D eigenvalue weighted by molar-refractivity contribution is 0.186. The van der Waals surface area contributed by atoms with Crippen molar-refractivity contribution < 1.29 is 4.79 Å². The van der Waals surface area contributed by atoms with Gasteiger partial charge in [-0.3, -0.25) is 4.68 Å². The maximum atomic E-state index is 12.0. The van der Waals surface area contributed by atoms with E-state index in [1.165, 1.54) is 6.42 Å². The first-order valence-corrected chi connectivity index (χ1v) is 8.42. The monoisotopic (exact) mass is 332 g/mol. The second kappa shape index (κ2) is 7.51. The smallest absolute Gasteiger partial charge is 0.317 e. The molecule has 1 fully saturated rings. The van der Waals surface area contributed by atoms with Gasteiger partial charge in [-0.05, 0) is 37.5 Å². The quantitative estimate of drug-likeness (QED) is 0.933. The van der Waals surface area contributed by atoms with E-state index < -0.39 is 0 Å². The maximum absolute atomic E-state index is 12.0. The van der Waals surface area contributed by atoms with E-state index in [1.807, 2.05) is 46.1 Å². The van der Waals surface area contributed by atoms with E-state index >= 15 is 0 Å². The van der Waals surface area contributed by atoms with Crippen molar-refractivity contribution >= 4 is 17.6 Å². The SMILES string of the molecule is O=C(NCCn1ccc(-c2cccc(Cl)c2)n1)N1CCCCC1. The molecule has 0 radical (unpaired) electrons. The number of nitrogens with zero attached hydrogens (tertiary/aromatic N) is 3. The lowest BCUT2D eigenvalue weighted by Crippen LogP contribution is -2.43. The Morgan fingerprint density at radius 1 is 1.22 bits per heavy atom. The van der Waals surface area contributed by atoms with Crippen LogP contribution in [-0.2, 0) is 6.54 Å². The van der Waals surface area contributed by atoms with Crippen LogP contribution < -0.4 is 5.32 Å². The molecular formula is C17H21ClN4O. The van der Waals surface area contributed by atoms with Crippen LogP contribution >= 0.6 is 11.6 Å². The van der Waals surface area contributed by atoms with Crippen LogP contribution in [-0.4, -0.2) is 40.3 Å². The molecule has 23 heavy (non-hydrogen) atoms. The average molecular weight is 333 g/mol. The van der Waals surface area contributed by atoms with E-state index in [1.54, 1.807) is 0 Å². The number of hydrogen-bond acceptors (Lipinski definition) is 2. The number of carbonyl (C=O) groups excluding carboxylic acids is 1. The molecule has 1 aromatic heterocycles. The second-order valence-electron chi connectivity index (χ2n) is 5.75. The Morgan fingerprint density at radius 3 is 2.83 bits per heavy atom. The van der Waals surface area contributed by atoms with Gasteiger partial charge < -0.3 is 10.2 Å². The van der Waals surface area contributed by atoms with Gasteiger partial charge in [-0.15, -0.1) is 0 Å². The van der Waals surface area contributed by atoms with Crippen LogP contribution in [0.4, 0.5) is 4.79 Å². The molecule has 0 saturated carbocycles. The number of carbonyl (C=O) groups is 1. The third-order valence-electron chi connectivity index (χ3n) is 4.02. The zero-order valence-electron chi connectivity index (χ0n) is 13.0. The van der Waals surface area contributed by atoms with Gasteiger partial charge in [0.25, 0.3) is 0 Å². The highest BCUT2D eigenvalue weighted by molar-refractivity contribution is 6.30. The predicted octanol–water partition coefficient (Wildman–Crippen LogP) is 3.40. The summed E-state index contributed by atoms with van der Waals surface area (Å²) >= 11 is 6.01. The van der Waals surface area contributed by atoms with Crippen LogP contribution in [0.15, 0.2) is 36.5 Å². The molecule has 1 saturated heterocycles. The summed E-state index contributed by atoms with van der Waals surface area (Å²) in [6.07, 6.45) is 5.36. The number of urea groups is 1. The molecule has 2 aromatic rings. The summed E-state index contributed by atoms with van der Waals surface area (Å²) in [6, 6.07) is 9.63. The van der Waals surface area contributed by atoms with Crippen molar-refractivity contribution in [1.82, 2.24) is 20.0 Å². The third kappa shape index (κ3) is 4.26. The molecule has 3 rings (SSSR count). The molecule has 122 valence electrons. The number of rotatable bonds is 4. The van der Waals surface area contributed by atoms with Gasteiger partial charge in [-0.2, -0.15) is 5.10 Å². The first kappa shape index (κ1) is 15.9. The molecule has 2 heterocycles. The minimum Gasteiger partial charge on any atom is -0.336 e. The van der Waals surface area contributed by atoms with Gasteiger partial charge in [0.05, 0.1) is 12.2 Å². The van der Waals surface area contributed by atoms with Crippen LogP contribution in [0.2, 0.25) is 5.02 Å². The molecular weight excluding hydrogens is 312 g/mol. The summed E-state index contributed by atoms with van der Waals surface area (Å²) in [6.45, 7) is 2.96. The highest BCUT2D eigenvalue weighted by Crippen LogP contribution is 2.20. The molecule has 5 nitrogen and oxygen atoms in total. The second-order valence-corrected chi connectivity index (χ2v) is 6.19. The highest BCUT2D eigenvalue weighted by atomic mass is 35.5. The van der Waals surface area contributed by atoms with E-state index in [2.05, 4.69) is 10.4 Å². The van der Waals surface area contributed by atoms with E-state index in [0.717, 1.165) is 37.2 Å². The Hall–Kier alpha value is -2.01. The number of likely N-dealkylation sites (tertiary alicyclic amines) is 1. The van der Waals surface area contributed by atoms with Crippen molar-refractivity contribution in [3.8, 4) is 11.3 Å².